The maximum atomic E-state index is 4.33. The van der Waals surface area contributed by atoms with Gasteiger partial charge in [-0.3, -0.25) is 4.68 Å². The molecule has 0 spiro atoms. The van der Waals surface area contributed by atoms with Crippen molar-refractivity contribution in [3.63, 3.8) is 0 Å². The van der Waals surface area contributed by atoms with Crippen LogP contribution in [0.2, 0.25) is 0 Å². The number of imidazole rings is 1. The van der Waals surface area contributed by atoms with E-state index in [9.17, 15) is 0 Å². The fraction of sp³-hybridized carbons (Fsp3) is 0.250. The van der Waals surface area contributed by atoms with Gasteiger partial charge in [0, 0.05) is 25.9 Å². The molecule has 18 heavy (non-hydrogen) atoms. The minimum absolute atomic E-state index is 0.793. The summed E-state index contributed by atoms with van der Waals surface area (Å²) < 4.78 is 3.84. The van der Waals surface area contributed by atoms with Crippen LogP contribution in [0.15, 0.2) is 31.0 Å². The summed E-state index contributed by atoms with van der Waals surface area (Å²) in [4.78, 5) is 8.57. The van der Waals surface area contributed by atoms with Crippen molar-refractivity contribution < 1.29 is 0 Å². The molecule has 6 nitrogen and oxygen atoms in total. The standard InChI is InChI=1S/C12H14N6/c1-3-18-7-9(5-15-18)16-12-4-11-10(6-13-12)14-8-17(11)2/h4-8H,3H2,1-2H3,(H,13,16). The molecular weight excluding hydrogens is 228 g/mol. The summed E-state index contributed by atoms with van der Waals surface area (Å²) in [5, 5.41) is 7.44. The fourth-order valence-corrected chi connectivity index (χ4v) is 1.85. The first-order chi connectivity index (χ1) is 8.76. The van der Waals surface area contributed by atoms with Crippen molar-refractivity contribution in [3.05, 3.63) is 31.0 Å². The lowest BCUT2D eigenvalue weighted by Crippen LogP contribution is -1.94. The van der Waals surface area contributed by atoms with Crippen LogP contribution in [0.25, 0.3) is 11.0 Å². The predicted octanol–water partition coefficient (Wildman–Crippen LogP) is 1.93. The van der Waals surface area contributed by atoms with E-state index in [0.29, 0.717) is 0 Å². The Balaban J connectivity index is 1.92. The van der Waals surface area contributed by atoms with Gasteiger partial charge < -0.3 is 9.88 Å². The minimum Gasteiger partial charge on any atom is -0.338 e. The molecule has 92 valence electrons. The van der Waals surface area contributed by atoms with Gasteiger partial charge in [-0.15, -0.1) is 0 Å². The van der Waals surface area contributed by atoms with Crippen molar-refractivity contribution in [2.75, 3.05) is 5.32 Å². The number of nitrogens with zero attached hydrogens (tertiary/aromatic N) is 5. The Bertz CT molecular complexity index is 681. The molecule has 0 aliphatic heterocycles. The van der Waals surface area contributed by atoms with Crippen molar-refractivity contribution in [3.8, 4) is 0 Å². The molecule has 0 amide bonds. The molecule has 3 rings (SSSR count). The normalized spacial score (nSPS) is 11.0. The maximum Gasteiger partial charge on any atom is 0.132 e. The molecule has 6 heteroatoms. The highest BCUT2D eigenvalue weighted by Gasteiger charge is 2.04. The van der Waals surface area contributed by atoms with E-state index in [-0.39, 0.29) is 0 Å². The van der Waals surface area contributed by atoms with Crippen LogP contribution in [0.4, 0.5) is 11.5 Å². The zero-order valence-corrected chi connectivity index (χ0v) is 10.3. The number of pyridine rings is 1. The Morgan fingerprint density at radius 3 is 2.94 bits per heavy atom. The molecule has 0 bridgehead atoms. The number of fused-ring (bicyclic) bond motifs is 1. The first-order valence-corrected chi connectivity index (χ1v) is 5.83. The number of aryl methyl sites for hydroxylation is 2. The van der Waals surface area contributed by atoms with E-state index in [1.54, 1.807) is 18.7 Å². The first kappa shape index (κ1) is 10.8. The van der Waals surface area contributed by atoms with Gasteiger partial charge in [-0.25, -0.2) is 9.97 Å². The molecular formula is C12H14N6. The van der Waals surface area contributed by atoms with E-state index < -0.39 is 0 Å². The Hall–Kier alpha value is -2.37. The van der Waals surface area contributed by atoms with Gasteiger partial charge in [-0.2, -0.15) is 5.10 Å². The predicted molar refractivity (Wildman–Crippen MR) is 69.7 cm³/mol. The molecule has 1 N–H and O–H groups in total. The summed E-state index contributed by atoms with van der Waals surface area (Å²) in [6, 6.07) is 1.98. The number of anilines is 2. The summed E-state index contributed by atoms with van der Waals surface area (Å²) >= 11 is 0. The Morgan fingerprint density at radius 1 is 1.28 bits per heavy atom. The van der Waals surface area contributed by atoms with Gasteiger partial charge in [0.25, 0.3) is 0 Å². The zero-order chi connectivity index (χ0) is 12.5. The SMILES string of the molecule is CCn1cc(Nc2cc3c(cn2)ncn3C)cn1. The summed E-state index contributed by atoms with van der Waals surface area (Å²) in [5.41, 5.74) is 2.88. The van der Waals surface area contributed by atoms with E-state index in [4.69, 9.17) is 0 Å². The lowest BCUT2D eigenvalue weighted by atomic mass is 10.4. The molecule has 0 aromatic carbocycles. The molecule has 0 aliphatic rings. The zero-order valence-electron chi connectivity index (χ0n) is 10.3. The largest absolute Gasteiger partial charge is 0.338 e. The van der Waals surface area contributed by atoms with Gasteiger partial charge >= 0.3 is 0 Å². The molecule has 0 unspecified atom stereocenters. The highest BCUT2D eigenvalue weighted by Crippen LogP contribution is 2.18. The molecule has 0 aliphatic carbocycles. The maximum absolute atomic E-state index is 4.33. The van der Waals surface area contributed by atoms with Crippen molar-refractivity contribution in [1.82, 2.24) is 24.3 Å². The first-order valence-electron chi connectivity index (χ1n) is 5.83. The lowest BCUT2D eigenvalue weighted by molar-refractivity contribution is 0.660. The van der Waals surface area contributed by atoms with Gasteiger partial charge in [0.15, 0.2) is 0 Å². The lowest BCUT2D eigenvalue weighted by Gasteiger charge is -2.02. The van der Waals surface area contributed by atoms with Crippen LogP contribution in [0, 0.1) is 0 Å². The third kappa shape index (κ3) is 1.81. The van der Waals surface area contributed by atoms with Crippen LogP contribution >= 0.6 is 0 Å². The monoisotopic (exact) mass is 242 g/mol. The molecule has 0 fully saturated rings. The van der Waals surface area contributed by atoms with Crippen molar-refractivity contribution in [2.45, 2.75) is 13.5 Å². The Labute approximate surface area is 104 Å². The average Bonchev–Trinajstić information content (AvgIpc) is 2.97. The number of hydrogen-bond acceptors (Lipinski definition) is 4. The third-order valence-corrected chi connectivity index (χ3v) is 2.84. The van der Waals surface area contributed by atoms with E-state index in [1.165, 1.54) is 0 Å². The molecule has 0 atom stereocenters. The molecule has 3 heterocycles. The molecule has 3 aromatic rings. The fourth-order valence-electron chi connectivity index (χ4n) is 1.85. The second-order valence-corrected chi connectivity index (χ2v) is 4.12. The third-order valence-electron chi connectivity index (χ3n) is 2.84. The average molecular weight is 242 g/mol. The second kappa shape index (κ2) is 4.14. The van der Waals surface area contributed by atoms with Crippen molar-refractivity contribution >= 4 is 22.5 Å². The van der Waals surface area contributed by atoms with Gasteiger partial charge in [0.2, 0.25) is 0 Å². The van der Waals surface area contributed by atoms with Crippen molar-refractivity contribution in [1.29, 1.82) is 0 Å². The van der Waals surface area contributed by atoms with E-state index in [2.05, 4.69) is 27.3 Å². The smallest absolute Gasteiger partial charge is 0.132 e. The van der Waals surface area contributed by atoms with Crippen LogP contribution in [0.3, 0.4) is 0 Å². The molecule has 0 saturated heterocycles. The number of nitrogens with one attached hydrogen (secondary N) is 1. The van der Waals surface area contributed by atoms with Crippen LogP contribution in [-0.4, -0.2) is 24.3 Å². The highest BCUT2D eigenvalue weighted by molar-refractivity contribution is 5.78. The van der Waals surface area contributed by atoms with Gasteiger partial charge in [-0.05, 0) is 6.92 Å². The topological polar surface area (TPSA) is 60.6 Å². The molecule has 3 aromatic heterocycles. The number of aromatic nitrogens is 5. The Morgan fingerprint density at radius 2 is 2.17 bits per heavy atom. The summed E-state index contributed by atoms with van der Waals surface area (Å²) in [7, 11) is 1.97. The highest BCUT2D eigenvalue weighted by atomic mass is 15.3. The summed E-state index contributed by atoms with van der Waals surface area (Å²) in [6.07, 6.45) is 7.29. The number of rotatable bonds is 3. The van der Waals surface area contributed by atoms with Crippen LogP contribution in [0.1, 0.15) is 6.92 Å². The van der Waals surface area contributed by atoms with Crippen LogP contribution < -0.4 is 5.32 Å². The van der Waals surface area contributed by atoms with Gasteiger partial charge in [0.05, 0.1) is 29.9 Å². The molecule has 0 radical (unpaired) electrons. The van der Waals surface area contributed by atoms with E-state index in [0.717, 1.165) is 29.1 Å². The molecule has 0 saturated carbocycles. The van der Waals surface area contributed by atoms with Crippen LogP contribution in [0.5, 0.6) is 0 Å². The number of hydrogen-bond donors (Lipinski definition) is 1. The van der Waals surface area contributed by atoms with Crippen LogP contribution in [-0.2, 0) is 13.6 Å². The van der Waals surface area contributed by atoms with E-state index in [1.807, 2.05) is 28.6 Å². The quantitative estimate of drug-likeness (QED) is 0.762. The van der Waals surface area contributed by atoms with E-state index >= 15 is 0 Å². The van der Waals surface area contributed by atoms with Gasteiger partial charge in [-0.1, -0.05) is 0 Å². The summed E-state index contributed by atoms with van der Waals surface area (Å²) in [6.45, 7) is 2.91. The Kier molecular flexibility index (Phi) is 2.47. The second-order valence-electron chi connectivity index (χ2n) is 4.12. The minimum atomic E-state index is 0.793. The summed E-state index contributed by atoms with van der Waals surface area (Å²) in [5.74, 6) is 0.793. The van der Waals surface area contributed by atoms with Crippen molar-refractivity contribution in [2.24, 2.45) is 7.05 Å². The van der Waals surface area contributed by atoms with Gasteiger partial charge in [0.1, 0.15) is 11.3 Å².